The van der Waals surface area contributed by atoms with Crippen molar-refractivity contribution >= 4 is 40.1 Å². The molecule has 0 radical (unpaired) electrons. The summed E-state index contributed by atoms with van der Waals surface area (Å²) in [6.07, 6.45) is 2.85. The monoisotopic (exact) mass is 505 g/mol. The Bertz CT molecular complexity index is 1490. The van der Waals surface area contributed by atoms with E-state index < -0.39 is 0 Å². The first-order valence-electron chi connectivity index (χ1n) is 11.7. The first kappa shape index (κ1) is 22.4. The van der Waals surface area contributed by atoms with E-state index in [-0.39, 0.29) is 6.04 Å². The van der Waals surface area contributed by atoms with Gasteiger partial charge in [-0.3, -0.25) is 0 Å². The highest BCUT2D eigenvalue weighted by atomic mass is 32.1. The van der Waals surface area contributed by atoms with E-state index in [1.54, 1.807) is 11.3 Å². The van der Waals surface area contributed by atoms with Crippen molar-refractivity contribution in [3.63, 3.8) is 0 Å². The second kappa shape index (κ2) is 9.89. The van der Waals surface area contributed by atoms with Gasteiger partial charge in [-0.05, 0) is 47.9 Å². The molecule has 3 aromatic carbocycles. The molecular weight excluding hydrogens is 482 g/mol. The zero-order valence-corrected chi connectivity index (χ0v) is 21.0. The SMILES string of the molecule is S=C(Nc1ccccc1)N1N=C(c2cccs2)CC1c1cn(-c2ccccc2)nc1-c1ccccc1. The Kier molecular flexibility index (Phi) is 6.15. The van der Waals surface area contributed by atoms with Crippen molar-refractivity contribution in [2.75, 3.05) is 5.32 Å². The maximum Gasteiger partial charge on any atom is 0.194 e. The molecule has 36 heavy (non-hydrogen) atoms. The third-order valence-electron chi connectivity index (χ3n) is 6.12. The first-order valence-corrected chi connectivity index (χ1v) is 13.0. The molecule has 0 saturated heterocycles. The maximum absolute atomic E-state index is 5.90. The summed E-state index contributed by atoms with van der Waals surface area (Å²) < 4.78 is 1.95. The van der Waals surface area contributed by atoms with Crippen LogP contribution in [0.1, 0.15) is 22.9 Å². The summed E-state index contributed by atoms with van der Waals surface area (Å²) in [5, 5.41) is 18.0. The molecule has 5 nitrogen and oxygen atoms in total. The quantitative estimate of drug-likeness (QED) is 0.258. The summed E-state index contributed by atoms with van der Waals surface area (Å²) in [7, 11) is 0. The van der Waals surface area contributed by atoms with E-state index in [0.717, 1.165) is 45.2 Å². The number of nitrogens with one attached hydrogen (secondary N) is 1. The molecule has 0 aliphatic carbocycles. The van der Waals surface area contributed by atoms with Crippen molar-refractivity contribution in [3.05, 3.63) is 125 Å². The first-order chi connectivity index (χ1) is 17.8. The smallest absolute Gasteiger partial charge is 0.194 e. The number of benzene rings is 3. The van der Waals surface area contributed by atoms with Gasteiger partial charge in [0, 0.05) is 29.4 Å². The molecule has 0 bridgehead atoms. The summed E-state index contributed by atoms with van der Waals surface area (Å²) in [5.41, 5.74) is 6.05. The average Bonchev–Trinajstić information content (AvgIpc) is 3.70. The summed E-state index contributed by atoms with van der Waals surface area (Å²) >= 11 is 7.60. The molecule has 1 aliphatic rings. The number of aromatic nitrogens is 2. The minimum atomic E-state index is -0.0986. The molecule has 176 valence electrons. The number of anilines is 1. The Morgan fingerprint density at radius 3 is 2.25 bits per heavy atom. The maximum atomic E-state index is 5.90. The predicted molar refractivity (Wildman–Crippen MR) is 152 cm³/mol. The second-order valence-electron chi connectivity index (χ2n) is 8.46. The highest BCUT2D eigenvalue weighted by molar-refractivity contribution is 7.80. The lowest BCUT2D eigenvalue weighted by Crippen LogP contribution is -2.31. The molecular formula is C29H23N5S2. The third-order valence-corrected chi connectivity index (χ3v) is 7.33. The van der Waals surface area contributed by atoms with Gasteiger partial charge in [-0.2, -0.15) is 10.2 Å². The standard InChI is InChI=1S/C29H23N5S2/c35-29(30-22-13-6-2-7-14-22)34-26(19-25(31-34)27-17-10-18-36-27)24-20-33(23-15-8-3-9-16-23)32-28(24)21-11-4-1-5-12-21/h1-18,20,26H,19H2,(H,30,35). The zero-order valence-electron chi connectivity index (χ0n) is 19.4. The normalized spacial score (nSPS) is 15.1. The Hall–Kier alpha value is -4.07. The molecule has 1 unspecified atom stereocenters. The molecule has 1 aliphatic heterocycles. The fourth-order valence-electron chi connectivity index (χ4n) is 4.40. The van der Waals surface area contributed by atoms with Gasteiger partial charge in [0.2, 0.25) is 0 Å². The van der Waals surface area contributed by atoms with Crippen LogP contribution in [-0.2, 0) is 0 Å². The second-order valence-corrected chi connectivity index (χ2v) is 9.80. The number of thiocarbonyl (C=S) groups is 1. The van der Waals surface area contributed by atoms with Crippen molar-refractivity contribution < 1.29 is 0 Å². The molecule has 0 fully saturated rings. The lowest BCUT2D eigenvalue weighted by Gasteiger charge is -2.24. The molecule has 5 aromatic rings. The van der Waals surface area contributed by atoms with Gasteiger partial charge in [-0.25, -0.2) is 9.69 Å². The lowest BCUT2D eigenvalue weighted by molar-refractivity contribution is 0.376. The van der Waals surface area contributed by atoms with E-state index in [9.17, 15) is 0 Å². The van der Waals surface area contributed by atoms with E-state index in [1.165, 1.54) is 0 Å². The van der Waals surface area contributed by atoms with Gasteiger partial charge in [0.1, 0.15) is 0 Å². The minimum Gasteiger partial charge on any atom is -0.331 e. The molecule has 1 N–H and O–H groups in total. The highest BCUT2D eigenvalue weighted by Crippen LogP contribution is 2.39. The summed E-state index contributed by atoms with van der Waals surface area (Å²) in [4.78, 5) is 1.15. The Morgan fingerprint density at radius 1 is 0.861 bits per heavy atom. The van der Waals surface area contributed by atoms with Crippen LogP contribution in [0.25, 0.3) is 16.9 Å². The average molecular weight is 506 g/mol. The Labute approximate surface area is 219 Å². The number of nitrogens with zero attached hydrogens (tertiary/aromatic N) is 4. The van der Waals surface area contributed by atoms with E-state index in [4.69, 9.17) is 22.4 Å². The van der Waals surface area contributed by atoms with Gasteiger partial charge in [0.25, 0.3) is 0 Å². The van der Waals surface area contributed by atoms with Crippen molar-refractivity contribution in [1.82, 2.24) is 14.8 Å². The van der Waals surface area contributed by atoms with Crippen molar-refractivity contribution in [3.8, 4) is 16.9 Å². The molecule has 0 amide bonds. The van der Waals surface area contributed by atoms with Crippen LogP contribution in [0.5, 0.6) is 0 Å². The van der Waals surface area contributed by atoms with Gasteiger partial charge >= 0.3 is 0 Å². The highest BCUT2D eigenvalue weighted by Gasteiger charge is 2.35. The fourth-order valence-corrected chi connectivity index (χ4v) is 5.41. The number of thiophene rings is 1. The van der Waals surface area contributed by atoms with E-state index >= 15 is 0 Å². The van der Waals surface area contributed by atoms with Gasteiger partial charge < -0.3 is 5.32 Å². The van der Waals surface area contributed by atoms with Crippen LogP contribution in [-0.4, -0.2) is 25.6 Å². The van der Waals surface area contributed by atoms with Gasteiger partial charge in [-0.15, -0.1) is 11.3 Å². The third kappa shape index (κ3) is 4.46. The van der Waals surface area contributed by atoms with E-state index in [0.29, 0.717) is 5.11 Å². The van der Waals surface area contributed by atoms with Crippen molar-refractivity contribution in [2.24, 2.45) is 5.10 Å². The van der Waals surface area contributed by atoms with Crippen LogP contribution in [0.4, 0.5) is 5.69 Å². The lowest BCUT2D eigenvalue weighted by atomic mass is 9.98. The van der Waals surface area contributed by atoms with Gasteiger partial charge in [0.15, 0.2) is 5.11 Å². The summed E-state index contributed by atoms with van der Waals surface area (Å²) in [5.74, 6) is 0. The minimum absolute atomic E-state index is 0.0986. The molecule has 1 atom stereocenters. The number of hydrogen-bond acceptors (Lipinski definition) is 4. The largest absolute Gasteiger partial charge is 0.331 e. The van der Waals surface area contributed by atoms with E-state index in [1.807, 2.05) is 76.4 Å². The Morgan fingerprint density at radius 2 is 1.56 bits per heavy atom. The number of hydrogen-bond donors (Lipinski definition) is 1. The van der Waals surface area contributed by atoms with Crippen LogP contribution in [0.15, 0.2) is 120 Å². The molecule has 7 heteroatoms. The number of hydrazone groups is 1. The topological polar surface area (TPSA) is 45.5 Å². The van der Waals surface area contributed by atoms with Crippen LogP contribution >= 0.6 is 23.6 Å². The molecule has 3 heterocycles. The molecule has 0 spiro atoms. The number of para-hydroxylation sites is 2. The summed E-state index contributed by atoms with van der Waals surface area (Å²) in [6, 6.07) is 34.6. The van der Waals surface area contributed by atoms with Crippen LogP contribution < -0.4 is 5.32 Å². The van der Waals surface area contributed by atoms with Crippen LogP contribution in [0, 0.1) is 0 Å². The molecule has 0 saturated carbocycles. The van der Waals surface area contributed by atoms with Gasteiger partial charge in [0.05, 0.1) is 28.0 Å². The van der Waals surface area contributed by atoms with Crippen LogP contribution in [0.2, 0.25) is 0 Å². The number of rotatable bonds is 5. The predicted octanol–water partition coefficient (Wildman–Crippen LogP) is 7.15. The fraction of sp³-hybridized carbons (Fsp3) is 0.0690. The van der Waals surface area contributed by atoms with Crippen LogP contribution in [0.3, 0.4) is 0 Å². The van der Waals surface area contributed by atoms with E-state index in [2.05, 4.69) is 53.3 Å². The summed E-state index contributed by atoms with van der Waals surface area (Å²) in [6.45, 7) is 0. The zero-order chi connectivity index (χ0) is 24.3. The Balaban J connectivity index is 1.44. The molecule has 6 rings (SSSR count). The van der Waals surface area contributed by atoms with Gasteiger partial charge in [-0.1, -0.05) is 72.8 Å². The van der Waals surface area contributed by atoms with Crippen molar-refractivity contribution in [1.29, 1.82) is 0 Å². The van der Waals surface area contributed by atoms with Crippen molar-refractivity contribution in [2.45, 2.75) is 12.5 Å². The molecule has 2 aromatic heterocycles.